The lowest BCUT2D eigenvalue weighted by molar-refractivity contribution is 0.258. The van der Waals surface area contributed by atoms with Crippen LogP contribution in [-0.4, -0.2) is 33.0 Å². The molecule has 5 aromatic rings. The summed E-state index contributed by atoms with van der Waals surface area (Å²) in [5.74, 6) is 0. The van der Waals surface area contributed by atoms with Gasteiger partial charge in [-0.15, -0.1) is 0 Å². The first kappa shape index (κ1) is 22.2. The fourth-order valence-electron chi connectivity index (χ4n) is 3.75. The molecule has 0 atom stereocenters. The SMILES string of the molecule is Cc1ccc(N(C)C(=O)Nc2ccc3nc(-c4ccccn4)c(-c4ccccn4)nc3c2)cc1C. The van der Waals surface area contributed by atoms with Crippen LogP contribution in [0.25, 0.3) is 33.8 Å². The van der Waals surface area contributed by atoms with Crippen molar-refractivity contribution in [3.05, 3.63) is 96.3 Å². The van der Waals surface area contributed by atoms with E-state index >= 15 is 0 Å². The number of fused-ring (bicyclic) bond motifs is 1. The van der Waals surface area contributed by atoms with Gasteiger partial charge in [0.2, 0.25) is 0 Å². The third kappa shape index (κ3) is 4.56. The van der Waals surface area contributed by atoms with Gasteiger partial charge < -0.3 is 5.32 Å². The molecule has 7 heteroatoms. The molecule has 5 rings (SSSR count). The summed E-state index contributed by atoms with van der Waals surface area (Å²) < 4.78 is 0. The molecule has 0 aliphatic heterocycles. The fourth-order valence-corrected chi connectivity index (χ4v) is 3.75. The van der Waals surface area contributed by atoms with Gasteiger partial charge in [-0.25, -0.2) is 14.8 Å². The second-order valence-corrected chi connectivity index (χ2v) is 8.31. The number of carbonyl (C=O) groups excluding carboxylic acids is 1. The number of amides is 2. The molecule has 2 amide bonds. The van der Waals surface area contributed by atoms with Gasteiger partial charge in [-0.2, -0.15) is 0 Å². The number of hydrogen-bond donors (Lipinski definition) is 1. The number of benzene rings is 2. The predicted octanol–water partition coefficient (Wildman–Crippen LogP) is 6.04. The van der Waals surface area contributed by atoms with Gasteiger partial charge >= 0.3 is 6.03 Å². The summed E-state index contributed by atoms with van der Waals surface area (Å²) in [5.41, 5.74) is 7.83. The van der Waals surface area contributed by atoms with Gasteiger partial charge in [0.1, 0.15) is 11.4 Å². The molecule has 0 spiro atoms. The molecule has 2 aromatic carbocycles. The first-order valence-electron chi connectivity index (χ1n) is 11.3. The Morgan fingerprint density at radius 3 is 2.00 bits per heavy atom. The van der Waals surface area contributed by atoms with Crippen LogP contribution in [0.5, 0.6) is 0 Å². The minimum Gasteiger partial charge on any atom is -0.307 e. The summed E-state index contributed by atoms with van der Waals surface area (Å²) in [5, 5.41) is 2.96. The molecule has 0 saturated heterocycles. The van der Waals surface area contributed by atoms with E-state index in [1.54, 1.807) is 24.3 Å². The zero-order valence-electron chi connectivity index (χ0n) is 19.7. The smallest absolute Gasteiger partial charge is 0.307 e. The van der Waals surface area contributed by atoms with E-state index < -0.39 is 0 Å². The van der Waals surface area contributed by atoms with Gasteiger partial charge in [0.25, 0.3) is 0 Å². The summed E-state index contributed by atoms with van der Waals surface area (Å²) in [6.45, 7) is 4.08. The van der Waals surface area contributed by atoms with E-state index in [0.29, 0.717) is 33.8 Å². The summed E-state index contributed by atoms with van der Waals surface area (Å²) >= 11 is 0. The number of aromatic nitrogens is 4. The van der Waals surface area contributed by atoms with Crippen LogP contribution >= 0.6 is 0 Å². The molecule has 0 aliphatic carbocycles. The van der Waals surface area contributed by atoms with Crippen LogP contribution < -0.4 is 10.2 Å². The summed E-state index contributed by atoms with van der Waals surface area (Å²) in [6.07, 6.45) is 3.46. The summed E-state index contributed by atoms with van der Waals surface area (Å²) in [4.78, 5) is 33.2. The lowest BCUT2D eigenvalue weighted by Crippen LogP contribution is -2.31. The molecule has 3 heterocycles. The number of anilines is 2. The second kappa shape index (κ2) is 9.30. The third-order valence-corrected chi connectivity index (χ3v) is 5.91. The maximum absolute atomic E-state index is 12.9. The Kier molecular flexibility index (Phi) is 5.89. The van der Waals surface area contributed by atoms with Crippen molar-refractivity contribution in [2.45, 2.75) is 13.8 Å². The number of rotatable bonds is 4. The lowest BCUT2D eigenvalue weighted by Gasteiger charge is -2.19. The lowest BCUT2D eigenvalue weighted by atomic mass is 10.1. The molecule has 0 unspecified atom stereocenters. The number of hydrogen-bond acceptors (Lipinski definition) is 5. The number of nitrogens with one attached hydrogen (secondary N) is 1. The molecule has 0 fully saturated rings. The van der Waals surface area contributed by atoms with Gasteiger partial charge in [0.15, 0.2) is 0 Å². The zero-order valence-corrected chi connectivity index (χ0v) is 19.7. The quantitative estimate of drug-likeness (QED) is 0.354. The van der Waals surface area contributed by atoms with Crippen molar-refractivity contribution in [2.24, 2.45) is 0 Å². The highest BCUT2D eigenvalue weighted by atomic mass is 16.2. The molecule has 0 saturated carbocycles. The molecule has 3 aromatic heterocycles. The third-order valence-electron chi connectivity index (χ3n) is 5.91. The van der Waals surface area contributed by atoms with Crippen molar-refractivity contribution in [1.29, 1.82) is 0 Å². The van der Waals surface area contributed by atoms with E-state index in [1.165, 1.54) is 5.56 Å². The van der Waals surface area contributed by atoms with Crippen molar-refractivity contribution in [3.63, 3.8) is 0 Å². The van der Waals surface area contributed by atoms with Crippen LogP contribution in [0, 0.1) is 13.8 Å². The monoisotopic (exact) mass is 460 g/mol. The van der Waals surface area contributed by atoms with Crippen LogP contribution in [0.1, 0.15) is 11.1 Å². The van der Waals surface area contributed by atoms with E-state index in [2.05, 4.69) is 15.3 Å². The van der Waals surface area contributed by atoms with Gasteiger partial charge in [-0.3, -0.25) is 14.9 Å². The van der Waals surface area contributed by atoms with Crippen molar-refractivity contribution < 1.29 is 4.79 Å². The Bertz CT molecular complexity index is 1520. The molecule has 1 N–H and O–H groups in total. The van der Waals surface area contributed by atoms with Gasteiger partial charge in [0.05, 0.1) is 22.4 Å². The summed E-state index contributed by atoms with van der Waals surface area (Å²) in [7, 11) is 1.75. The van der Waals surface area contributed by atoms with Crippen LogP contribution in [0.3, 0.4) is 0 Å². The van der Waals surface area contributed by atoms with Crippen LogP contribution in [0.15, 0.2) is 85.2 Å². The Labute approximate surface area is 203 Å². The highest BCUT2D eigenvalue weighted by Gasteiger charge is 2.16. The molecule has 7 nitrogen and oxygen atoms in total. The Hall–Kier alpha value is -4.65. The predicted molar refractivity (Wildman–Crippen MR) is 139 cm³/mol. The minimum atomic E-state index is -0.240. The molecule has 172 valence electrons. The van der Waals surface area contributed by atoms with E-state index in [1.807, 2.05) is 86.6 Å². The number of aryl methyl sites for hydroxylation is 2. The van der Waals surface area contributed by atoms with E-state index in [-0.39, 0.29) is 6.03 Å². The molecular weight excluding hydrogens is 436 g/mol. The second-order valence-electron chi connectivity index (χ2n) is 8.31. The average molecular weight is 461 g/mol. The molecular formula is C28H24N6O. The summed E-state index contributed by atoms with van der Waals surface area (Å²) in [6, 6.07) is 22.6. The number of nitrogens with zero attached hydrogens (tertiary/aromatic N) is 5. The largest absolute Gasteiger partial charge is 0.326 e. The van der Waals surface area contributed by atoms with Gasteiger partial charge in [0, 0.05) is 30.8 Å². The Balaban J connectivity index is 1.51. The minimum absolute atomic E-state index is 0.240. The van der Waals surface area contributed by atoms with E-state index in [4.69, 9.17) is 9.97 Å². The number of carbonyl (C=O) groups is 1. The van der Waals surface area contributed by atoms with Crippen LogP contribution in [0.2, 0.25) is 0 Å². The van der Waals surface area contributed by atoms with Crippen LogP contribution in [-0.2, 0) is 0 Å². The Morgan fingerprint density at radius 1 is 0.743 bits per heavy atom. The maximum Gasteiger partial charge on any atom is 0.326 e. The van der Waals surface area contributed by atoms with Gasteiger partial charge in [-0.05, 0) is 79.6 Å². The molecule has 35 heavy (non-hydrogen) atoms. The van der Waals surface area contributed by atoms with E-state index in [9.17, 15) is 4.79 Å². The molecule has 0 bridgehead atoms. The molecule has 0 radical (unpaired) electrons. The zero-order chi connectivity index (χ0) is 24.4. The van der Waals surface area contributed by atoms with Crippen molar-refractivity contribution in [1.82, 2.24) is 19.9 Å². The Morgan fingerprint density at radius 2 is 1.40 bits per heavy atom. The standard InChI is InChI=1S/C28H24N6O/c1-18-10-12-21(16-19(18)2)34(3)28(35)31-20-11-13-22-25(17-20)33-27(24-9-5-7-15-30-24)26(32-22)23-8-4-6-14-29-23/h4-17H,1-3H3,(H,31,35). The van der Waals surface area contributed by atoms with E-state index in [0.717, 1.165) is 16.9 Å². The van der Waals surface area contributed by atoms with Crippen molar-refractivity contribution in [2.75, 3.05) is 17.3 Å². The topological polar surface area (TPSA) is 83.9 Å². The molecule has 0 aliphatic rings. The average Bonchev–Trinajstić information content (AvgIpc) is 2.90. The number of pyridine rings is 2. The fraction of sp³-hybridized carbons (Fsp3) is 0.107. The maximum atomic E-state index is 12.9. The van der Waals surface area contributed by atoms with Crippen molar-refractivity contribution in [3.8, 4) is 22.8 Å². The first-order chi connectivity index (χ1) is 17.0. The first-order valence-corrected chi connectivity index (χ1v) is 11.3. The van der Waals surface area contributed by atoms with Crippen molar-refractivity contribution >= 4 is 28.4 Å². The normalized spacial score (nSPS) is 10.8. The van der Waals surface area contributed by atoms with Gasteiger partial charge in [-0.1, -0.05) is 18.2 Å². The number of urea groups is 1. The highest BCUT2D eigenvalue weighted by Crippen LogP contribution is 2.29. The van der Waals surface area contributed by atoms with Crippen LogP contribution in [0.4, 0.5) is 16.2 Å². The highest BCUT2D eigenvalue weighted by molar-refractivity contribution is 6.02.